The van der Waals surface area contributed by atoms with Crippen LogP contribution in [0, 0.1) is 5.82 Å². The number of benzene rings is 2. The van der Waals surface area contributed by atoms with E-state index in [4.69, 9.17) is 4.74 Å². The lowest BCUT2D eigenvalue weighted by Gasteiger charge is -2.05. The SMILES string of the molecule is CCCc1cccc(F)c1.CCCc1ccccc1OC. The van der Waals surface area contributed by atoms with Crippen molar-refractivity contribution in [3.8, 4) is 5.75 Å². The fourth-order valence-corrected chi connectivity index (χ4v) is 2.16. The van der Waals surface area contributed by atoms with Crippen LogP contribution in [0.1, 0.15) is 37.8 Å². The predicted octanol–water partition coefficient (Wildman–Crippen LogP) is 5.43. The summed E-state index contributed by atoms with van der Waals surface area (Å²) < 4.78 is 17.7. The Hall–Kier alpha value is -1.83. The molecule has 0 unspecified atom stereocenters. The summed E-state index contributed by atoms with van der Waals surface area (Å²) in [7, 11) is 1.72. The zero-order chi connectivity index (χ0) is 15.5. The van der Waals surface area contributed by atoms with Gasteiger partial charge in [-0.25, -0.2) is 4.39 Å². The van der Waals surface area contributed by atoms with Gasteiger partial charge in [-0.1, -0.05) is 57.0 Å². The van der Waals surface area contributed by atoms with Crippen LogP contribution in [0.3, 0.4) is 0 Å². The van der Waals surface area contributed by atoms with Gasteiger partial charge in [0, 0.05) is 0 Å². The molecular formula is C19H25FO. The molecule has 0 fully saturated rings. The lowest BCUT2D eigenvalue weighted by atomic mass is 10.1. The van der Waals surface area contributed by atoms with E-state index in [-0.39, 0.29) is 5.82 Å². The minimum absolute atomic E-state index is 0.133. The zero-order valence-electron chi connectivity index (χ0n) is 13.2. The summed E-state index contributed by atoms with van der Waals surface area (Å²) in [5.41, 5.74) is 2.39. The average molecular weight is 288 g/mol. The van der Waals surface area contributed by atoms with Crippen molar-refractivity contribution in [1.82, 2.24) is 0 Å². The topological polar surface area (TPSA) is 9.23 Å². The predicted molar refractivity (Wildman–Crippen MR) is 87.4 cm³/mol. The molecule has 0 heterocycles. The summed E-state index contributed by atoms with van der Waals surface area (Å²) in [5, 5.41) is 0. The zero-order valence-corrected chi connectivity index (χ0v) is 13.2. The van der Waals surface area contributed by atoms with E-state index in [9.17, 15) is 4.39 Å². The van der Waals surface area contributed by atoms with Crippen LogP contribution in [-0.4, -0.2) is 7.11 Å². The van der Waals surface area contributed by atoms with Crippen LogP contribution in [-0.2, 0) is 12.8 Å². The Labute approximate surface area is 127 Å². The van der Waals surface area contributed by atoms with Crippen molar-refractivity contribution in [2.45, 2.75) is 39.5 Å². The highest BCUT2D eigenvalue weighted by Crippen LogP contribution is 2.18. The Morgan fingerprint density at radius 1 is 0.905 bits per heavy atom. The van der Waals surface area contributed by atoms with Gasteiger partial charge >= 0.3 is 0 Å². The molecule has 0 N–H and O–H groups in total. The highest BCUT2D eigenvalue weighted by molar-refractivity contribution is 5.33. The van der Waals surface area contributed by atoms with Crippen LogP contribution in [0.2, 0.25) is 0 Å². The van der Waals surface area contributed by atoms with E-state index in [1.54, 1.807) is 19.2 Å². The largest absolute Gasteiger partial charge is 0.496 e. The number of methoxy groups -OCH3 is 1. The summed E-state index contributed by atoms with van der Waals surface area (Å²) in [5.74, 6) is 0.875. The van der Waals surface area contributed by atoms with Crippen molar-refractivity contribution >= 4 is 0 Å². The van der Waals surface area contributed by atoms with E-state index < -0.39 is 0 Å². The molecule has 2 aromatic carbocycles. The Morgan fingerprint density at radius 2 is 1.62 bits per heavy atom. The molecule has 0 saturated heterocycles. The average Bonchev–Trinajstić information content (AvgIpc) is 2.49. The first-order chi connectivity index (χ1) is 10.2. The molecule has 2 rings (SSSR count). The molecule has 0 aliphatic carbocycles. The number of hydrogen-bond acceptors (Lipinski definition) is 1. The first-order valence-electron chi connectivity index (χ1n) is 7.57. The van der Waals surface area contributed by atoms with Crippen molar-refractivity contribution in [1.29, 1.82) is 0 Å². The van der Waals surface area contributed by atoms with E-state index in [0.717, 1.165) is 30.6 Å². The molecule has 2 aromatic rings. The second-order valence-electron chi connectivity index (χ2n) is 4.94. The minimum atomic E-state index is -0.133. The van der Waals surface area contributed by atoms with E-state index in [0.29, 0.717) is 0 Å². The molecule has 0 aliphatic heterocycles. The molecule has 0 radical (unpaired) electrons. The normalized spacial score (nSPS) is 9.71. The standard InChI is InChI=1S/C10H14O.C9H11F/c1-3-6-9-7-4-5-8-10(9)11-2;1-2-4-8-5-3-6-9(10)7-8/h4-5,7-8H,3,6H2,1-2H3;3,5-7H,2,4H2,1H3. The van der Waals surface area contributed by atoms with Crippen molar-refractivity contribution in [3.05, 3.63) is 65.5 Å². The van der Waals surface area contributed by atoms with Crippen LogP contribution >= 0.6 is 0 Å². The lowest BCUT2D eigenvalue weighted by molar-refractivity contribution is 0.409. The number of halogens is 1. The second-order valence-corrected chi connectivity index (χ2v) is 4.94. The lowest BCUT2D eigenvalue weighted by Crippen LogP contribution is -1.90. The van der Waals surface area contributed by atoms with Crippen LogP contribution < -0.4 is 4.74 Å². The van der Waals surface area contributed by atoms with Gasteiger partial charge in [0.15, 0.2) is 0 Å². The monoisotopic (exact) mass is 288 g/mol. The first-order valence-corrected chi connectivity index (χ1v) is 7.57. The van der Waals surface area contributed by atoms with Crippen LogP contribution in [0.5, 0.6) is 5.75 Å². The molecule has 0 spiro atoms. The maximum absolute atomic E-state index is 12.5. The van der Waals surface area contributed by atoms with Gasteiger partial charge in [-0.2, -0.15) is 0 Å². The van der Waals surface area contributed by atoms with Crippen LogP contribution in [0.15, 0.2) is 48.5 Å². The van der Waals surface area contributed by atoms with Crippen molar-refractivity contribution in [2.24, 2.45) is 0 Å². The quantitative estimate of drug-likeness (QED) is 0.713. The fourth-order valence-electron chi connectivity index (χ4n) is 2.16. The molecule has 21 heavy (non-hydrogen) atoms. The number of aryl methyl sites for hydroxylation is 2. The van der Waals surface area contributed by atoms with Gasteiger partial charge in [-0.15, -0.1) is 0 Å². The molecule has 0 aromatic heterocycles. The van der Waals surface area contributed by atoms with Gasteiger partial charge in [-0.05, 0) is 42.2 Å². The third-order valence-corrected chi connectivity index (χ3v) is 3.14. The first kappa shape index (κ1) is 17.2. The summed E-state index contributed by atoms with van der Waals surface area (Å²) in [6.07, 6.45) is 4.31. The molecule has 0 atom stereocenters. The molecule has 2 heteroatoms. The van der Waals surface area contributed by atoms with Crippen LogP contribution in [0.4, 0.5) is 4.39 Å². The van der Waals surface area contributed by atoms with Crippen molar-refractivity contribution in [2.75, 3.05) is 7.11 Å². The highest BCUT2D eigenvalue weighted by Gasteiger charge is 1.97. The number of rotatable bonds is 5. The van der Waals surface area contributed by atoms with E-state index in [1.165, 1.54) is 18.1 Å². The van der Waals surface area contributed by atoms with Gasteiger partial charge < -0.3 is 4.74 Å². The smallest absolute Gasteiger partial charge is 0.123 e. The maximum Gasteiger partial charge on any atom is 0.123 e. The molecule has 0 saturated carbocycles. The van der Waals surface area contributed by atoms with Gasteiger partial charge in [0.25, 0.3) is 0 Å². The number of hydrogen-bond donors (Lipinski definition) is 0. The van der Waals surface area contributed by atoms with E-state index >= 15 is 0 Å². The van der Waals surface area contributed by atoms with Crippen molar-refractivity contribution < 1.29 is 9.13 Å². The van der Waals surface area contributed by atoms with Gasteiger partial charge in [0.2, 0.25) is 0 Å². The Balaban J connectivity index is 0.000000211. The summed E-state index contributed by atoms with van der Waals surface area (Å²) in [6, 6.07) is 14.9. The maximum atomic E-state index is 12.5. The summed E-state index contributed by atoms with van der Waals surface area (Å²) in [4.78, 5) is 0. The van der Waals surface area contributed by atoms with Crippen LogP contribution in [0.25, 0.3) is 0 Å². The highest BCUT2D eigenvalue weighted by atomic mass is 19.1. The molecule has 114 valence electrons. The third-order valence-electron chi connectivity index (χ3n) is 3.14. The Kier molecular flexibility index (Phi) is 8.18. The van der Waals surface area contributed by atoms with Gasteiger partial charge in [0.05, 0.1) is 7.11 Å². The number of para-hydroxylation sites is 1. The third kappa shape index (κ3) is 6.44. The van der Waals surface area contributed by atoms with E-state index in [2.05, 4.69) is 19.9 Å². The summed E-state index contributed by atoms with van der Waals surface area (Å²) in [6.45, 7) is 4.26. The summed E-state index contributed by atoms with van der Waals surface area (Å²) >= 11 is 0. The van der Waals surface area contributed by atoms with Crippen molar-refractivity contribution in [3.63, 3.8) is 0 Å². The molecular weight excluding hydrogens is 263 g/mol. The second kappa shape index (κ2) is 9.98. The van der Waals surface area contributed by atoms with Gasteiger partial charge in [-0.3, -0.25) is 0 Å². The minimum Gasteiger partial charge on any atom is -0.496 e. The fraction of sp³-hybridized carbons (Fsp3) is 0.368. The number of ether oxygens (including phenoxy) is 1. The van der Waals surface area contributed by atoms with Gasteiger partial charge in [0.1, 0.15) is 11.6 Å². The molecule has 0 bridgehead atoms. The molecule has 0 amide bonds. The van der Waals surface area contributed by atoms with E-state index in [1.807, 2.05) is 24.3 Å². The molecule has 0 aliphatic rings. The Morgan fingerprint density at radius 3 is 2.24 bits per heavy atom. The molecule has 1 nitrogen and oxygen atoms in total. The Bertz CT molecular complexity index is 522.